The van der Waals surface area contributed by atoms with Gasteiger partial charge in [0.1, 0.15) is 11.2 Å². The fraction of sp³-hybridized carbons (Fsp3) is 0.690. The first-order chi connectivity index (χ1) is 17.2. The molecule has 0 heterocycles. The van der Waals surface area contributed by atoms with Crippen LogP contribution in [0.1, 0.15) is 74.3 Å². The summed E-state index contributed by atoms with van der Waals surface area (Å²) in [7, 11) is -0.864. The number of ether oxygens (including phenoxy) is 3. The van der Waals surface area contributed by atoms with E-state index in [0.29, 0.717) is 6.42 Å². The van der Waals surface area contributed by atoms with E-state index in [0.717, 1.165) is 10.5 Å². The molecule has 0 saturated heterocycles. The van der Waals surface area contributed by atoms with Crippen LogP contribution >= 0.6 is 0 Å². The topological polar surface area (TPSA) is 91.4 Å². The maximum atomic E-state index is 13.4. The van der Waals surface area contributed by atoms with Crippen LogP contribution in [-0.2, 0) is 29.9 Å². The van der Waals surface area contributed by atoms with E-state index in [2.05, 4.69) is 33.9 Å². The van der Waals surface area contributed by atoms with Gasteiger partial charge in [0.2, 0.25) is 0 Å². The molecule has 1 aromatic rings. The molecule has 216 valence electrons. The van der Waals surface area contributed by atoms with Gasteiger partial charge in [-0.1, -0.05) is 51.1 Å². The van der Waals surface area contributed by atoms with E-state index >= 15 is 0 Å². The van der Waals surface area contributed by atoms with E-state index in [9.17, 15) is 14.4 Å². The fourth-order valence-electron chi connectivity index (χ4n) is 3.41. The van der Waals surface area contributed by atoms with E-state index in [1.165, 1.54) is 7.11 Å². The lowest BCUT2D eigenvalue weighted by Crippen LogP contribution is -2.51. The molecule has 0 spiro atoms. The predicted octanol–water partition coefficient (Wildman–Crippen LogP) is 6.97. The minimum atomic E-state index is -2.19. The van der Waals surface area contributed by atoms with Crippen molar-refractivity contribution in [2.75, 3.05) is 13.7 Å². The molecule has 0 saturated carbocycles. The molecule has 1 rings (SSSR count). The Balaban J connectivity index is 3.51. The molecule has 0 aliphatic rings. The highest BCUT2D eigenvalue weighted by molar-refractivity contribution is 6.74. The number of amides is 2. The van der Waals surface area contributed by atoms with Crippen LogP contribution in [0.3, 0.4) is 0 Å². The molecule has 0 aliphatic heterocycles. The normalized spacial score (nSPS) is 14.3. The molecular weight excluding hydrogens is 502 g/mol. The van der Waals surface area contributed by atoms with Crippen molar-refractivity contribution >= 4 is 26.5 Å². The Morgan fingerprint density at radius 1 is 0.842 bits per heavy atom. The molecule has 0 unspecified atom stereocenters. The Bertz CT molecular complexity index is 899. The zero-order valence-corrected chi connectivity index (χ0v) is 26.5. The van der Waals surface area contributed by atoms with Gasteiger partial charge in [0, 0.05) is 6.61 Å². The van der Waals surface area contributed by atoms with E-state index in [4.69, 9.17) is 18.6 Å². The zero-order chi connectivity index (χ0) is 29.5. The lowest BCUT2D eigenvalue weighted by Gasteiger charge is -2.38. The Hall–Kier alpha value is -2.39. The second-order valence-corrected chi connectivity index (χ2v) is 18.0. The van der Waals surface area contributed by atoms with Crippen LogP contribution < -0.4 is 0 Å². The van der Waals surface area contributed by atoms with Crippen LogP contribution in [0.25, 0.3) is 0 Å². The first-order valence-electron chi connectivity index (χ1n) is 13.2. The van der Waals surface area contributed by atoms with E-state index in [1.54, 1.807) is 41.5 Å². The second kappa shape index (κ2) is 13.1. The maximum Gasteiger partial charge on any atom is 0.420 e. The summed E-state index contributed by atoms with van der Waals surface area (Å²) < 4.78 is 22.8. The third kappa shape index (κ3) is 11.2. The van der Waals surface area contributed by atoms with Crippen molar-refractivity contribution in [3.63, 3.8) is 0 Å². The monoisotopic (exact) mass is 551 g/mol. The number of carbonyl (C=O) groups is 3. The molecule has 0 bridgehead atoms. The number of carbonyl (C=O) groups excluding carboxylic acids is 3. The number of benzene rings is 1. The van der Waals surface area contributed by atoms with Gasteiger partial charge in [-0.25, -0.2) is 14.5 Å². The number of esters is 1. The lowest BCUT2D eigenvalue weighted by atomic mass is 9.94. The largest absolute Gasteiger partial charge is 0.469 e. The van der Waals surface area contributed by atoms with Gasteiger partial charge in [-0.3, -0.25) is 4.79 Å². The van der Waals surface area contributed by atoms with Gasteiger partial charge in [0.05, 0.1) is 19.1 Å². The lowest BCUT2D eigenvalue weighted by molar-refractivity contribution is -0.147. The van der Waals surface area contributed by atoms with Gasteiger partial charge in [0.25, 0.3) is 0 Å². The number of nitrogens with zero attached hydrogens (tertiary/aromatic N) is 1. The third-order valence-corrected chi connectivity index (χ3v) is 10.9. The second-order valence-electron chi connectivity index (χ2n) is 13.2. The van der Waals surface area contributed by atoms with Gasteiger partial charge in [-0.15, -0.1) is 0 Å². The number of rotatable bonds is 9. The summed E-state index contributed by atoms with van der Waals surface area (Å²) in [6.45, 7) is 21.1. The number of hydrogen-bond acceptors (Lipinski definition) is 7. The SMILES string of the molecule is COC(=O)[C@@H](CO[Si](C)(C)C(C)(C)C)C[C@H](Cc1ccccc1)N(C(=O)OC(C)(C)C)C(=O)OC(C)(C)C. The quantitative estimate of drug-likeness (QED) is 0.186. The summed E-state index contributed by atoms with van der Waals surface area (Å²) >= 11 is 0. The van der Waals surface area contributed by atoms with Crippen LogP contribution in [-0.4, -0.2) is 62.3 Å². The Labute approximate surface area is 230 Å². The van der Waals surface area contributed by atoms with Gasteiger partial charge in [-0.2, -0.15) is 0 Å². The standard InChI is InChI=1S/C29H49NO7Si/c1-27(2,3)36-25(32)30(26(33)37-28(4,5)6)23(18-21-16-14-13-15-17-21)19-22(24(31)34-10)20-35-38(11,12)29(7,8)9/h13-17,22-23H,18-20H2,1-12H3/t22-,23+/m1/s1. The molecule has 2 amide bonds. The fourth-order valence-corrected chi connectivity index (χ4v) is 4.46. The molecule has 0 radical (unpaired) electrons. The predicted molar refractivity (Wildman–Crippen MR) is 152 cm³/mol. The maximum absolute atomic E-state index is 13.4. The van der Waals surface area contributed by atoms with Crippen molar-refractivity contribution in [1.29, 1.82) is 0 Å². The van der Waals surface area contributed by atoms with Crippen LogP contribution in [0.15, 0.2) is 30.3 Å². The number of methoxy groups -OCH3 is 1. The summed E-state index contributed by atoms with van der Waals surface area (Å²) in [5, 5.41) is -0.0594. The van der Waals surface area contributed by atoms with Crippen LogP contribution in [0.4, 0.5) is 9.59 Å². The average Bonchev–Trinajstić information content (AvgIpc) is 2.73. The number of imide groups is 1. The summed E-state index contributed by atoms with van der Waals surface area (Å²) in [5.41, 5.74) is -0.799. The molecular formula is C29H49NO7Si. The highest BCUT2D eigenvalue weighted by atomic mass is 28.4. The Morgan fingerprint density at radius 2 is 1.32 bits per heavy atom. The summed E-state index contributed by atoms with van der Waals surface area (Å²) in [4.78, 5) is 40.9. The van der Waals surface area contributed by atoms with Crippen molar-refractivity contribution in [2.45, 2.75) is 111 Å². The molecule has 38 heavy (non-hydrogen) atoms. The zero-order valence-electron chi connectivity index (χ0n) is 25.5. The van der Waals surface area contributed by atoms with Crippen molar-refractivity contribution < 1.29 is 33.0 Å². The van der Waals surface area contributed by atoms with Gasteiger partial charge in [-0.05, 0) is 78.1 Å². The highest BCUT2D eigenvalue weighted by Crippen LogP contribution is 2.37. The molecule has 2 atom stereocenters. The van der Waals surface area contributed by atoms with E-state index < -0.39 is 49.6 Å². The molecule has 0 fully saturated rings. The first-order valence-corrected chi connectivity index (χ1v) is 16.1. The smallest absolute Gasteiger partial charge is 0.420 e. The first kappa shape index (κ1) is 33.6. The van der Waals surface area contributed by atoms with E-state index in [1.807, 2.05) is 30.3 Å². The van der Waals surface area contributed by atoms with Gasteiger partial charge < -0.3 is 18.6 Å². The summed E-state index contributed by atoms with van der Waals surface area (Å²) in [6.07, 6.45) is -1.25. The minimum absolute atomic E-state index is 0.0594. The Morgan fingerprint density at radius 3 is 1.71 bits per heavy atom. The average molecular weight is 552 g/mol. The summed E-state index contributed by atoms with van der Waals surface area (Å²) in [6, 6.07) is 8.73. The van der Waals surface area contributed by atoms with Crippen LogP contribution in [0.2, 0.25) is 18.1 Å². The molecule has 0 aromatic heterocycles. The Kier molecular flexibility index (Phi) is 11.6. The molecule has 8 nitrogen and oxygen atoms in total. The van der Waals surface area contributed by atoms with Gasteiger partial charge >= 0.3 is 18.2 Å². The highest BCUT2D eigenvalue weighted by Gasteiger charge is 2.41. The minimum Gasteiger partial charge on any atom is -0.469 e. The van der Waals surface area contributed by atoms with Gasteiger partial charge in [0.15, 0.2) is 8.32 Å². The van der Waals surface area contributed by atoms with Crippen LogP contribution in [0, 0.1) is 5.92 Å². The van der Waals surface area contributed by atoms with Crippen molar-refractivity contribution in [1.82, 2.24) is 4.90 Å². The van der Waals surface area contributed by atoms with E-state index in [-0.39, 0.29) is 18.1 Å². The number of hydrogen-bond donors (Lipinski definition) is 0. The van der Waals surface area contributed by atoms with Crippen molar-refractivity contribution in [3.05, 3.63) is 35.9 Å². The molecule has 1 aromatic carbocycles. The summed E-state index contributed by atoms with van der Waals surface area (Å²) in [5.74, 6) is -1.18. The van der Waals surface area contributed by atoms with Crippen LogP contribution in [0.5, 0.6) is 0 Å². The molecule has 9 heteroatoms. The molecule has 0 aliphatic carbocycles. The third-order valence-electron chi connectivity index (χ3n) is 6.40. The molecule has 0 N–H and O–H groups in total. The van der Waals surface area contributed by atoms with Crippen molar-refractivity contribution in [2.24, 2.45) is 5.92 Å². The van der Waals surface area contributed by atoms with Crippen molar-refractivity contribution in [3.8, 4) is 0 Å².